The summed E-state index contributed by atoms with van der Waals surface area (Å²) in [7, 11) is 0. The fraction of sp³-hybridized carbons (Fsp3) is 0. The van der Waals surface area contributed by atoms with Gasteiger partial charge in [-0.2, -0.15) is 0 Å². The van der Waals surface area contributed by atoms with Crippen LogP contribution in [0.2, 0.25) is 0 Å². The van der Waals surface area contributed by atoms with Gasteiger partial charge in [0.1, 0.15) is 0 Å². The molecule has 0 unspecified atom stereocenters. The zero-order chi connectivity index (χ0) is 14.1. The highest BCUT2D eigenvalue weighted by Crippen LogP contribution is 2.35. The van der Waals surface area contributed by atoms with Crippen LogP contribution in [0.15, 0.2) is 66.7 Å². The van der Waals surface area contributed by atoms with Gasteiger partial charge in [-0.05, 0) is 30.3 Å². The number of hydrogen-bond donors (Lipinski definition) is 0. The Hall–Kier alpha value is -2.56. The predicted molar refractivity (Wildman–Crippen MR) is 90.6 cm³/mol. The van der Waals surface area contributed by atoms with Crippen molar-refractivity contribution >= 4 is 31.5 Å². The Morgan fingerprint density at radius 1 is 0.762 bits per heavy atom. The molecule has 0 aliphatic carbocycles. The Labute approximate surface area is 127 Å². The van der Waals surface area contributed by atoms with Crippen LogP contribution in [0.1, 0.15) is 11.1 Å². The Bertz CT molecular complexity index is 982. The summed E-state index contributed by atoms with van der Waals surface area (Å²) in [6.45, 7) is 0. The smallest absolute Gasteiger partial charge is 0.0512 e. The number of benzene rings is 3. The Morgan fingerprint density at radius 2 is 1.57 bits per heavy atom. The second-order valence-corrected chi connectivity index (χ2v) is 5.87. The fourth-order valence-electron chi connectivity index (χ4n) is 2.46. The third-order valence-corrected chi connectivity index (χ3v) is 4.68. The average Bonchev–Trinajstić information content (AvgIpc) is 2.93. The monoisotopic (exact) mass is 283 g/mol. The second-order valence-electron chi connectivity index (χ2n) is 4.82. The SMILES string of the molecule is C(#Cc1cccc2c1sc1ccccc12)c1cc[c]cc1. The molecule has 0 spiro atoms. The summed E-state index contributed by atoms with van der Waals surface area (Å²) in [4.78, 5) is 0. The van der Waals surface area contributed by atoms with Crippen LogP contribution in [0.4, 0.5) is 0 Å². The number of rotatable bonds is 0. The molecule has 0 nitrogen and oxygen atoms in total. The molecule has 97 valence electrons. The first-order chi connectivity index (χ1) is 10.4. The minimum Gasteiger partial charge on any atom is -0.134 e. The van der Waals surface area contributed by atoms with E-state index >= 15 is 0 Å². The molecule has 0 bridgehead atoms. The highest BCUT2D eigenvalue weighted by atomic mass is 32.1. The van der Waals surface area contributed by atoms with E-state index in [1.165, 1.54) is 20.2 Å². The van der Waals surface area contributed by atoms with Crippen molar-refractivity contribution in [3.63, 3.8) is 0 Å². The van der Waals surface area contributed by atoms with Crippen LogP contribution in [-0.2, 0) is 0 Å². The van der Waals surface area contributed by atoms with Crippen molar-refractivity contribution in [3.8, 4) is 11.8 Å². The molecule has 4 rings (SSSR count). The molecular formula is C20H11S. The average molecular weight is 283 g/mol. The van der Waals surface area contributed by atoms with Crippen molar-refractivity contribution in [2.24, 2.45) is 0 Å². The van der Waals surface area contributed by atoms with Gasteiger partial charge in [-0.3, -0.25) is 0 Å². The van der Waals surface area contributed by atoms with Gasteiger partial charge < -0.3 is 0 Å². The molecule has 0 N–H and O–H groups in total. The first-order valence-corrected chi connectivity index (χ1v) is 7.62. The molecule has 0 atom stereocenters. The largest absolute Gasteiger partial charge is 0.134 e. The fourth-order valence-corrected chi connectivity index (χ4v) is 3.63. The second kappa shape index (κ2) is 5.09. The quantitative estimate of drug-likeness (QED) is 0.386. The van der Waals surface area contributed by atoms with Crippen LogP contribution in [0.25, 0.3) is 20.2 Å². The Balaban J connectivity index is 1.92. The van der Waals surface area contributed by atoms with Gasteiger partial charge in [0.15, 0.2) is 0 Å². The van der Waals surface area contributed by atoms with Gasteiger partial charge in [0, 0.05) is 26.6 Å². The van der Waals surface area contributed by atoms with Gasteiger partial charge in [-0.15, -0.1) is 11.3 Å². The maximum absolute atomic E-state index is 3.31. The molecule has 1 heteroatoms. The van der Waals surface area contributed by atoms with Gasteiger partial charge in [0.05, 0.1) is 4.70 Å². The van der Waals surface area contributed by atoms with Gasteiger partial charge >= 0.3 is 0 Å². The molecule has 1 aromatic heterocycles. The topological polar surface area (TPSA) is 0 Å². The van der Waals surface area contributed by atoms with Crippen LogP contribution in [0.5, 0.6) is 0 Å². The van der Waals surface area contributed by atoms with E-state index in [0.29, 0.717) is 0 Å². The van der Waals surface area contributed by atoms with E-state index in [9.17, 15) is 0 Å². The highest BCUT2D eigenvalue weighted by Gasteiger charge is 2.06. The van der Waals surface area contributed by atoms with Crippen molar-refractivity contribution in [1.82, 2.24) is 0 Å². The molecule has 0 aliphatic rings. The normalized spacial score (nSPS) is 10.5. The minimum atomic E-state index is 1.02. The molecule has 0 aliphatic heterocycles. The van der Waals surface area contributed by atoms with Crippen LogP contribution < -0.4 is 0 Å². The molecule has 1 radical (unpaired) electrons. The first-order valence-electron chi connectivity index (χ1n) is 6.80. The van der Waals surface area contributed by atoms with E-state index in [-0.39, 0.29) is 0 Å². The third kappa shape index (κ3) is 2.20. The number of hydrogen-bond acceptors (Lipinski definition) is 1. The highest BCUT2D eigenvalue weighted by molar-refractivity contribution is 7.26. The van der Waals surface area contributed by atoms with Crippen molar-refractivity contribution in [3.05, 3.63) is 83.9 Å². The van der Waals surface area contributed by atoms with Gasteiger partial charge in [0.25, 0.3) is 0 Å². The summed E-state index contributed by atoms with van der Waals surface area (Å²) in [5.74, 6) is 6.55. The van der Waals surface area contributed by atoms with E-state index in [0.717, 1.165) is 11.1 Å². The lowest BCUT2D eigenvalue weighted by Crippen LogP contribution is -1.76. The first kappa shape index (κ1) is 12.2. The summed E-state index contributed by atoms with van der Waals surface area (Å²) in [6, 6.07) is 25.7. The van der Waals surface area contributed by atoms with Crippen LogP contribution in [-0.4, -0.2) is 0 Å². The lowest BCUT2D eigenvalue weighted by atomic mass is 10.1. The molecular weight excluding hydrogens is 272 g/mol. The molecule has 0 saturated carbocycles. The minimum absolute atomic E-state index is 1.02. The summed E-state index contributed by atoms with van der Waals surface area (Å²) in [5, 5.41) is 2.61. The van der Waals surface area contributed by atoms with E-state index in [1.807, 2.05) is 35.6 Å². The standard InChI is InChI=1S/C20H11S/c1-2-7-15(8-3-1)13-14-16-9-6-11-18-17-10-4-5-12-19(17)21-20(16)18/h2-12H. The molecule has 4 aromatic rings. The van der Waals surface area contributed by atoms with Gasteiger partial charge in [-0.25, -0.2) is 0 Å². The maximum atomic E-state index is 3.31. The lowest BCUT2D eigenvalue weighted by molar-refractivity contribution is 1.63. The van der Waals surface area contributed by atoms with Gasteiger partial charge in [-0.1, -0.05) is 54.3 Å². The van der Waals surface area contributed by atoms with E-state index in [2.05, 4.69) is 60.4 Å². The van der Waals surface area contributed by atoms with Crippen LogP contribution in [0.3, 0.4) is 0 Å². The van der Waals surface area contributed by atoms with Crippen molar-refractivity contribution in [2.75, 3.05) is 0 Å². The predicted octanol–water partition coefficient (Wildman–Crippen LogP) is 5.25. The van der Waals surface area contributed by atoms with Crippen LogP contribution >= 0.6 is 11.3 Å². The summed E-state index contributed by atoms with van der Waals surface area (Å²) < 4.78 is 2.59. The van der Waals surface area contributed by atoms with Crippen LogP contribution in [0, 0.1) is 17.9 Å². The van der Waals surface area contributed by atoms with Crippen molar-refractivity contribution in [2.45, 2.75) is 0 Å². The number of fused-ring (bicyclic) bond motifs is 3. The molecule has 1 heterocycles. The third-order valence-electron chi connectivity index (χ3n) is 3.46. The zero-order valence-electron chi connectivity index (χ0n) is 11.3. The molecule has 0 amide bonds. The van der Waals surface area contributed by atoms with Crippen molar-refractivity contribution in [1.29, 1.82) is 0 Å². The summed E-state index contributed by atoms with van der Waals surface area (Å²) in [5.41, 5.74) is 2.12. The van der Waals surface area contributed by atoms with E-state index in [1.54, 1.807) is 0 Å². The molecule has 0 saturated heterocycles. The summed E-state index contributed by atoms with van der Waals surface area (Å²) in [6.07, 6.45) is 0. The zero-order valence-corrected chi connectivity index (χ0v) is 12.1. The Kier molecular flexibility index (Phi) is 2.96. The molecule has 0 fully saturated rings. The van der Waals surface area contributed by atoms with Crippen molar-refractivity contribution < 1.29 is 0 Å². The Morgan fingerprint density at radius 3 is 2.48 bits per heavy atom. The van der Waals surface area contributed by atoms with E-state index < -0.39 is 0 Å². The van der Waals surface area contributed by atoms with E-state index in [4.69, 9.17) is 0 Å². The number of thiophene rings is 1. The molecule has 3 aromatic carbocycles. The molecule has 21 heavy (non-hydrogen) atoms. The summed E-state index contributed by atoms with van der Waals surface area (Å²) >= 11 is 1.81. The lowest BCUT2D eigenvalue weighted by Gasteiger charge is -1.94. The van der Waals surface area contributed by atoms with Gasteiger partial charge in [0.2, 0.25) is 0 Å². The maximum Gasteiger partial charge on any atom is 0.0512 e.